The maximum absolute atomic E-state index is 5.56. The van der Waals surface area contributed by atoms with Gasteiger partial charge < -0.3 is 14.8 Å². The predicted molar refractivity (Wildman–Crippen MR) is 72.8 cm³/mol. The Morgan fingerprint density at radius 3 is 2.78 bits per heavy atom. The van der Waals surface area contributed by atoms with Crippen LogP contribution in [0.5, 0.6) is 5.75 Å². The summed E-state index contributed by atoms with van der Waals surface area (Å²) in [5.74, 6) is 1.74. The molecule has 3 heteroatoms. The SMILES string of the molecule is CCOC1CC(CNCc2ccccc2OC)C1. The van der Waals surface area contributed by atoms with Crippen LogP contribution >= 0.6 is 0 Å². The molecule has 0 unspecified atom stereocenters. The second kappa shape index (κ2) is 6.76. The van der Waals surface area contributed by atoms with Crippen molar-refractivity contribution in [3.63, 3.8) is 0 Å². The van der Waals surface area contributed by atoms with E-state index < -0.39 is 0 Å². The van der Waals surface area contributed by atoms with E-state index in [1.807, 2.05) is 18.2 Å². The molecule has 0 spiro atoms. The molecule has 1 aliphatic rings. The highest BCUT2D eigenvalue weighted by Crippen LogP contribution is 2.29. The maximum Gasteiger partial charge on any atom is 0.123 e. The molecule has 0 atom stereocenters. The summed E-state index contributed by atoms with van der Waals surface area (Å²) in [6.07, 6.45) is 2.91. The molecule has 0 aromatic heterocycles. The van der Waals surface area contributed by atoms with Crippen LogP contribution in [0.2, 0.25) is 0 Å². The van der Waals surface area contributed by atoms with Crippen LogP contribution in [-0.4, -0.2) is 26.4 Å². The summed E-state index contributed by atoms with van der Waals surface area (Å²) in [4.78, 5) is 0. The number of hydrogen-bond acceptors (Lipinski definition) is 3. The Labute approximate surface area is 109 Å². The molecule has 1 fully saturated rings. The summed E-state index contributed by atoms with van der Waals surface area (Å²) in [6.45, 7) is 4.85. The van der Waals surface area contributed by atoms with Crippen LogP contribution < -0.4 is 10.1 Å². The average Bonchev–Trinajstić information content (AvgIpc) is 2.36. The van der Waals surface area contributed by atoms with Crippen molar-refractivity contribution in [3.05, 3.63) is 29.8 Å². The number of nitrogens with one attached hydrogen (secondary N) is 1. The third-order valence-electron chi connectivity index (χ3n) is 3.54. The highest BCUT2D eigenvalue weighted by Gasteiger charge is 2.28. The molecule has 0 heterocycles. The first-order chi connectivity index (χ1) is 8.83. The first-order valence-corrected chi connectivity index (χ1v) is 6.77. The minimum absolute atomic E-state index is 0.507. The molecule has 1 aliphatic carbocycles. The highest BCUT2D eigenvalue weighted by atomic mass is 16.5. The summed E-state index contributed by atoms with van der Waals surface area (Å²) in [7, 11) is 1.72. The van der Waals surface area contributed by atoms with Crippen LogP contribution in [0.3, 0.4) is 0 Å². The molecule has 0 bridgehead atoms. The lowest BCUT2D eigenvalue weighted by Crippen LogP contribution is -2.37. The largest absolute Gasteiger partial charge is 0.496 e. The van der Waals surface area contributed by atoms with Gasteiger partial charge in [-0.05, 0) is 38.3 Å². The van der Waals surface area contributed by atoms with Gasteiger partial charge in [0.1, 0.15) is 5.75 Å². The van der Waals surface area contributed by atoms with E-state index in [1.165, 1.54) is 18.4 Å². The molecule has 1 saturated carbocycles. The van der Waals surface area contributed by atoms with E-state index in [0.29, 0.717) is 6.10 Å². The van der Waals surface area contributed by atoms with Crippen molar-refractivity contribution in [2.24, 2.45) is 5.92 Å². The lowest BCUT2D eigenvalue weighted by molar-refractivity contribution is -0.0238. The zero-order chi connectivity index (χ0) is 12.8. The predicted octanol–water partition coefficient (Wildman–Crippen LogP) is 2.60. The van der Waals surface area contributed by atoms with Crippen LogP contribution in [-0.2, 0) is 11.3 Å². The first-order valence-electron chi connectivity index (χ1n) is 6.77. The van der Waals surface area contributed by atoms with Gasteiger partial charge in [0, 0.05) is 18.7 Å². The molecule has 1 aromatic rings. The normalized spacial score (nSPS) is 22.6. The summed E-state index contributed by atoms with van der Waals surface area (Å²) in [5, 5.41) is 3.51. The second-order valence-corrected chi connectivity index (χ2v) is 4.86. The molecule has 1 N–H and O–H groups in total. The average molecular weight is 249 g/mol. The maximum atomic E-state index is 5.56. The van der Waals surface area contributed by atoms with Gasteiger partial charge in [-0.1, -0.05) is 18.2 Å². The highest BCUT2D eigenvalue weighted by molar-refractivity contribution is 5.32. The number of rotatable bonds is 7. The fourth-order valence-corrected chi connectivity index (χ4v) is 2.47. The van der Waals surface area contributed by atoms with Gasteiger partial charge >= 0.3 is 0 Å². The zero-order valence-electron chi connectivity index (χ0n) is 11.3. The van der Waals surface area contributed by atoms with Gasteiger partial charge in [0.05, 0.1) is 13.2 Å². The summed E-state index contributed by atoms with van der Waals surface area (Å²) < 4.78 is 10.9. The molecular formula is C15H23NO2. The van der Waals surface area contributed by atoms with E-state index in [-0.39, 0.29) is 0 Å². The van der Waals surface area contributed by atoms with Crippen molar-refractivity contribution in [2.75, 3.05) is 20.3 Å². The van der Waals surface area contributed by atoms with Crippen LogP contribution in [0.25, 0.3) is 0 Å². The Morgan fingerprint density at radius 2 is 2.06 bits per heavy atom. The van der Waals surface area contributed by atoms with Gasteiger partial charge in [-0.25, -0.2) is 0 Å². The Hall–Kier alpha value is -1.06. The molecule has 0 radical (unpaired) electrons. The molecule has 0 amide bonds. The van der Waals surface area contributed by atoms with E-state index in [2.05, 4.69) is 18.3 Å². The second-order valence-electron chi connectivity index (χ2n) is 4.86. The Morgan fingerprint density at radius 1 is 1.28 bits per heavy atom. The van der Waals surface area contributed by atoms with Gasteiger partial charge in [-0.2, -0.15) is 0 Å². The van der Waals surface area contributed by atoms with Crippen molar-refractivity contribution in [1.29, 1.82) is 0 Å². The van der Waals surface area contributed by atoms with E-state index in [4.69, 9.17) is 9.47 Å². The summed E-state index contributed by atoms with van der Waals surface area (Å²) in [5.41, 5.74) is 1.22. The third kappa shape index (κ3) is 3.47. The van der Waals surface area contributed by atoms with Crippen LogP contribution in [0.4, 0.5) is 0 Å². The summed E-state index contributed by atoms with van der Waals surface area (Å²) in [6, 6.07) is 8.16. The standard InChI is InChI=1S/C15H23NO2/c1-3-18-14-8-12(9-14)10-16-11-13-6-4-5-7-15(13)17-2/h4-7,12,14,16H,3,8-11H2,1-2H3. The van der Waals surface area contributed by atoms with Gasteiger partial charge in [-0.15, -0.1) is 0 Å². The van der Waals surface area contributed by atoms with E-state index in [1.54, 1.807) is 7.11 Å². The number of benzene rings is 1. The molecule has 0 saturated heterocycles. The van der Waals surface area contributed by atoms with Crippen LogP contribution in [0, 0.1) is 5.92 Å². The quantitative estimate of drug-likeness (QED) is 0.805. The van der Waals surface area contributed by atoms with Gasteiger partial charge in [0.25, 0.3) is 0 Å². The monoisotopic (exact) mass is 249 g/mol. The first kappa shape index (κ1) is 13.4. The van der Waals surface area contributed by atoms with Gasteiger partial charge in [0.2, 0.25) is 0 Å². The van der Waals surface area contributed by atoms with Gasteiger partial charge in [-0.3, -0.25) is 0 Å². The molecule has 1 aromatic carbocycles. The van der Waals surface area contributed by atoms with E-state index in [9.17, 15) is 0 Å². The minimum Gasteiger partial charge on any atom is -0.496 e. The molecule has 3 nitrogen and oxygen atoms in total. The Balaban J connectivity index is 1.67. The number of para-hydroxylation sites is 1. The molecule has 18 heavy (non-hydrogen) atoms. The smallest absolute Gasteiger partial charge is 0.123 e. The molecule has 2 rings (SSSR count). The molecule has 0 aliphatic heterocycles. The number of ether oxygens (including phenoxy) is 2. The third-order valence-corrected chi connectivity index (χ3v) is 3.54. The Kier molecular flexibility index (Phi) is 5.02. The van der Waals surface area contributed by atoms with Crippen molar-refractivity contribution in [3.8, 4) is 5.75 Å². The zero-order valence-corrected chi connectivity index (χ0v) is 11.3. The summed E-state index contributed by atoms with van der Waals surface area (Å²) >= 11 is 0. The topological polar surface area (TPSA) is 30.5 Å². The lowest BCUT2D eigenvalue weighted by Gasteiger charge is -2.35. The van der Waals surface area contributed by atoms with Crippen LogP contribution in [0.15, 0.2) is 24.3 Å². The van der Waals surface area contributed by atoms with E-state index >= 15 is 0 Å². The fraction of sp³-hybridized carbons (Fsp3) is 0.600. The molecule has 100 valence electrons. The molecular weight excluding hydrogens is 226 g/mol. The number of methoxy groups -OCH3 is 1. The van der Waals surface area contributed by atoms with Crippen molar-refractivity contribution >= 4 is 0 Å². The van der Waals surface area contributed by atoms with E-state index in [0.717, 1.165) is 31.4 Å². The van der Waals surface area contributed by atoms with Gasteiger partial charge in [0.15, 0.2) is 0 Å². The number of hydrogen-bond donors (Lipinski definition) is 1. The lowest BCUT2D eigenvalue weighted by atomic mass is 9.82. The van der Waals surface area contributed by atoms with Crippen LogP contribution in [0.1, 0.15) is 25.3 Å². The van der Waals surface area contributed by atoms with Crippen molar-refractivity contribution in [1.82, 2.24) is 5.32 Å². The minimum atomic E-state index is 0.507. The Bertz CT molecular complexity index is 361. The van der Waals surface area contributed by atoms with Crippen molar-refractivity contribution in [2.45, 2.75) is 32.4 Å². The fourth-order valence-electron chi connectivity index (χ4n) is 2.47. The van der Waals surface area contributed by atoms with Crippen molar-refractivity contribution < 1.29 is 9.47 Å².